The fraction of sp³-hybridized carbons (Fsp3) is 0.800. The summed E-state index contributed by atoms with van der Waals surface area (Å²) in [7, 11) is 0. The Hall–Kier alpha value is -0.520. The van der Waals surface area contributed by atoms with E-state index in [4.69, 9.17) is 0 Å². The van der Waals surface area contributed by atoms with Crippen molar-refractivity contribution < 1.29 is 0 Å². The quantitative estimate of drug-likeness (QED) is 0.503. The topological polar surface area (TPSA) is 0 Å². The molecule has 0 amide bonds. The minimum absolute atomic E-state index is 0.357. The first-order chi connectivity index (χ1) is 9.31. The predicted molar refractivity (Wildman–Crippen MR) is 87.6 cm³/mol. The number of hydrogen-bond acceptors (Lipinski definition) is 0. The molecule has 3 aliphatic rings. The summed E-state index contributed by atoms with van der Waals surface area (Å²) in [6, 6.07) is 0. The number of hydrogen-bond donors (Lipinski definition) is 0. The van der Waals surface area contributed by atoms with E-state index in [2.05, 4.69) is 46.4 Å². The van der Waals surface area contributed by atoms with E-state index in [1.54, 1.807) is 5.57 Å². The molecule has 20 heavy (non-hydrogen) atoms. The van der Waals surface area contributed by atoms with Crippen molar-refractivity contribution in [3.63, 3.8) is 0 Å². The van der Waals surface area contributed by atoms with Gasteiger partial charge in [-0.15, -0.1) is 6.58 Å². The highest BCUT2D eigenvalue weighted by Gasteiger charge is 2.53. The highest BCUT2D eigenvalue weighted by atomic mass is 14.6. The van der Waals surface area contributed by atoms with Gasteiger partial charge < -0.3 is 0 Å². The molecule has 3 aliphatic carbocycles. The Morgan fingerprint density at radius 2 is 1.90 bits per heavy atom. The zero-order chi connectivity index (χ0) is 14.6. The second kappa shape index (κ2) is 4.49. The average Bonchev–Trinajstić information content (AvgIpc) is 2.37. The first-order valence-electron chi connectivity index (χ1n) is 8.63. The zero-order valence-corrected chi connectivity index (χ0v) is 14.0. The molecule has 0 heterocycles. The number of rotatable bonds is 1. The van der Waals surface area contributed by atoms with Crippen molar-refractivity contribution in [3.05, 3.63) is 24.3 Å². The van der Waals surface area contributed by atoms with Crippen LogP contribution in [0.15, 0.2) is 24.3 Å². The van der Waals surface area contributed by atoms with Crippen LogP contribution in [-0.4, -0.2) is 0 Å². The van der Waals surface area contributed by atoms with Crippen molar-refractivity contribution in [2.45, 2.75) is 72.6 Å². The molecule has 0 radical (unpaired) electrons. The van der Waals surface area contributed by atoms with Crippen LogP contribution < -0.4 is 0 Å². The molecule has 0 aromatic carbocycles. The van der Waals surface area contributed by atoms with Gasteiger partial charge in [0.1, 0.15) is 0 Å². The molecule has 0 aliphatic heterocycles. The van der Waals surface area contributed by atoms with Gasteiger partial charge >= 0.3 is 0 Å². The van der Waals surface area contributed by atoms with E-state index in [1.165, 1.54) is 44.9 Å². The maximum absolute atomic E-state index is 4.09. The lowest BCUT2D eigenvalue weighted by Crippen LogP contribution is -2.50. The molecule has 0 saturated heterocycles. The van der Waals surface area contributed by atoms with E-state index in [9.17, 15) is 0 Å². The third-order valence-corrected chi connectivity index (χ3v) is 7.24. The van der Waals surface area contributed by atoms with Crippen LogP contribution >= 0.6 is 0 Å². The summed E-state index contributed by atoms with van der Waals surface area (Å²) in [6.45, 7) is 14.1. The normalized spacial score (nSPS) is 46.9. The lowest BCUT2D eigenvalue weighted by molar-refractivity contribution is -0.0489. The smallest absolute Gasteiger partial charge is 0.0112 e. The second-order valence-corrected chi connectivity index (χ2v) is 9.04. The standard InChI is InChI=1S/C20H32/c1-6-19(4)13-10-16-15(14-19)8-9-17-18(2,3)11-7-12-20(16,17)5/h6,8,16-17H,1,7,9-14H2,2-5H3/t16-,17?,19-,20+/m0/s1. The first kappa shape index (κ1) is 14.4. The Bertz CT molecular complexity index is 441. The minimum Gasteiger partial charge on any atom is -0.103 e. The zero-order valence-electron chi connectivity index (χ0n) is 14.0. The molecular formula is C20H32. The van der Waals surface area contributed by atoms with Crippen molar-refractivity contribution in [1.29, 1.82) is 0 Å². The highest BCUT2D eigenvalue weighted by molar-refractivity contribution is 5.24. The van der Waals surface area contributed by atoms with Gasteiger partial charge in [0.25, 0.3) is 0 Å². The fourth-order valence-electron chi connectivity index (χ4n) is 5.92. The van der Waals surface area contributed by atoms with E-state index in [0.717, 1.165) is 11.8 Å². The minimum atomic E-state index is 0.357. The fourth-order valence-corrected chi connectivity index (χ4v) is 5.92. The van der Waals surface area contributed by atoms with E-state index in [1.807, 2.05) is 0 Å². The summed E-state index contributed by atoms with van der Waals surface area (Å²) in [4.78, 5) is 0. The van der Waals surface area contributed by atoms with Gasteiger partial charge in [-0.25, -0.2) is 0 Å². The maximum atomic E-state index is 4.09. The van der Waals surface area contributed by atoms with Crippen LogP contribution in [0.3, 0.4) is 0 Å². The van der Waals surface area contributed by atoms with E-state index >= 15 is 0 Å². The Morgan fingerprint density at radius 1 is 1.15 bits per heavy atom. The number of allylic oxidation sites excluding steroid dienone is 3. The van der Waals surface area contributed by atoms with E-state index in [-0.39, 0.29) is 0 Å². The molecule has 0 aromatic rings. The van der Waals surface area contributed by atoms with Gasteiger partial charge in [-0.3, -0.25) is 0 Å². The maximum Gasteiger partial charge on any atom is -0.0112 e. The first-order valence-corrected chi connectivity index (χ1v) is 8.63. The molecule has 4 atom stereocenters. The third kappa shape index (κ3) is 2.02. The van der Waals surface area contributed by atoms with Crippen LogP contribution in [0.1, 0.15) is 72.6 Å². The lowest BCUT2D eigenvalue weighted by Gasteiger charge is -2.59. The molecule has 3 rings (SSSR count). The van der Waals surface area contributed by atoms with Gasteiger partial charge in [-0.1, -0.05) is 51.8 Å². The summed E-state index contributed by atoms with van der Waals surface area (Å²) in [5.74, 6) is 1.75. The van der Waals surface area contributed by atoms with Crippen LogP contribution in [0.2, 0.25) is 0 Å². The Kier molecular flexibility index (Phi) is 3.23. The monoisotopic (exact) mass is 272 g/mol. The largest absolute Gasteiger partial charge is 0.103 e. The molecule has 1 unspecified atom stereocenters. The molecule has 2 saturated carbocycles. The predicted octanol–water partition coefficient (Wildman–Crippen LogP) is 6.14. The third-order valence-electron chi connectivity index (χ3n) is 7.24. The van der Waals surface area contributed by atoms with Gasteiger partial charge in [0.05, 0.1) is 0 Å². The van der Waals surface area contributed by atoms with Crippen molar-refractivity contribution in [2.24, 2.45) is 28.1 Å². The van der Waals surface area contributed by atoms with Gasteiger partial charge in [0.15, 0.2) is 0 Å². The highest BCUT2D eigenvalue weighted by Crippen LogP contribution is 2.63. The van der Waals surface area contributed by atoms with Gasteiger partial charge in [0, 0.05) is 0 Å². The molecule has 0 nitrogen and oxygen atoms in total. The average molecular weight is 272 g/mol. The molecule has 0 bridgehead atoms. The molecule has 0 aromatic heterocycles. The van der Waals surface area contributed by atoms with Crippen LogP contribution in [-0.2, 0) is 0 Å². The van der Waals surface area contributed by atoms with Crippen LogP contribution in [0, 0.1) is 28.1 Å². The summed E-state index contributed by atoms with van der Waals surface area (Å²) >= 11 is 0. The SMILES string of the molecule is C=C[C@@]1(C)CC[C@H]2C(=CCC3C(C)(C)CCC[C@@]32C)C1. The Balaban J connectivity index is 1.94. The van der Waals surface area contributed by atoms with Crippen molar-refractivity contribution in [3.8, 4) is 0 Å². The molecule has 112 valence electrons. The van der Waals surface area contributed by atoms with E-state index in [0.29, 0.717) is 16.2 Å². The summed E-state index contributed by atoms with van der Waals surface area (Å²) in [6.07, 6.45) is 14.5. The Labute approximate surface area is 125 Å². The van der Waals surface area contributed by atoms with Gasteiger partial charge in [0.2, 0.25) is 0 Å². The van der Waals surface area contributed by atoms with Crippen molar-refractivity contribution in [2.75, 3.05) is 0 Å². The van der Waals surface area contributed by atoms with Gasteiger partial charge in [-0.05, 0) is 66.6 Å². The summed E-state index contributed by atoms with van der Waals surface area (Å²) in [5.41, 5.74) is 3.23. The van der Waals surface area contributed by atoms with Crippen LogP contribution in [0.4, 0.5) is 0 Å². The van der Waals surface area contributed by atoms with Crippen molar-refractivity contribution >= 4 is 0 Å². The van der Waals surface area contributed by atoms with Crippen molar-refractivity contribution in [1.82, 2.24) is 0 Å². The molecule has 2 fully saturated rings. The molecule has 0 heteroatoms. The van der Waals surface area contributed by atoms with E-state index < -0.39 is 0 Å². The summed E-state index contributed by atoms with van der Waals surface area (Å²) < 4.78 is 0. The molecule has 0 spiro atoms. The number of fused-ring (bicyclic) bond motifs is 3. The lowest BCUT2D eigenvalue weighted by atomic mass is 9.46. The molecule has 0 N–H and O–H groups in total. The molecular weight excluding hydrogens is 240 g/mol. The Morgan fingerprint density at radius 3 is 2.60 bits per heavy atom. The van der Waals surface area contributed by atoms with Gasteiger partial charge in [-0.2, -0.15) is 0 Å². The van der Waals surface area contributed by atoms with Crippen LogP contribution in [0.5, 0.6) is 0 Å². The summed E-state index contributed by atoms with van der Waals surface area (Å²) in [5, 5.41) is 0. The van der Waals surface area contributed by atoms with Crippen LogP contribution in [0.25, 0.3) is 0 Å². The second-order valence-electron chi connectivity index (χ2n) is 9.04.